The fourth-order valence-corrected chi connectivity index (χ4v) is 7.17. The zero-order chi connectivity index (χ0) is 25.2. The van der Waals surface area contributed by atoms with Crippen LogP contribution in [0.2, 0.25) is 0 Å². The Balaban J connectivity index is 1.66. The SMILES string of the molecule is CC(C)N1C(=O)c2ccc3c4ccc5c6c(ccc(c7ccc(c2c37)C1=S)c64)C(=S)N(C(C)C)C5=O. The number of hydrogen-bond acceptors (Lipinski definition) is 4. The number of nitrogens with zero attached hydrogens (tertiary/aromatic N) is 2. The summed E-state index contributed by atoms with van der Waals surface area (Å²) in [4.78, 5) is 31.6. The van der Waals surface area contributed by atoms with Gasteiger partial charge in [-0.3, -0.25) is 19.4 Å². The van der Waals surface area contributed by atoms with E-state index >= 15 is 0 Å². The molecule has 176 valence electrons. The summed E-state index contributed by atoms with van der Waals surface area (Å²) >= 11 is 11.6. The van der Waals surface area contributed by atoms with Gasteiger partial charge in [0.15, 0.2) is 0 Å². The molecule has 0 fully saturated rings. The second kappa shape index (κ2) is 7.05. The molecular formula is C30H22N2O2S2. The number of benzene rings is 5. The number of thiocarbonyl (C=S) groups is 2. The average molecular weight is 507 g/mol. The van der Waals surface area contributed by atoms with Crippen molar-refractivity contribution in [2.24, 2.45) is 0 Å². The molecule has 6 heteroatoms. The van der Waals surface area contributed by atoms with Crippen LogP contribution in [0.3, 0.4) is 0 Å². The van der Waals surface area contributed by atoms with Crippen molar-refractivity contribution in [2.45, 2.75) is 39.8 Å². The Hall–Kier alpha value is -3.48. The fraction of sp³-hybridized carbons (Fsp3) is 0.200. The summed E-state index contributed by atoms with van der Waals surface area (Å²) in [5.74, 6) is -0.0982. The van der Waals surface area contributed by atoms with Crippen LogP contribution in [0.1, 0.15) is 59.5 Å². The normalized spacial score (nSPS) is 15.8. The molecule has 5 aromatic rings. The van der Waals surface area contributed by atoms with Crippen LogP contribution >= 0.6 is 24.4 Å². The minimum absolute atomic E-state index is 0.0240. The van der Waals surface area contributed by atoms with Gasteiger partial charge in [-0.15, -0.1) is 0 Å². The monoisotopic (exact) mass is 506 g/mol. The molecule has 0 bridgehead atoms. The highest BCUT2D eigenvalue weighted by molar-refractivity contribution is 7.81. The van der Waals surface area contributed by atoms with Gasteiger partial charge in [0.1, 0.15) is 9.98 Å². The van der Waals surface area contributed by atoms with Gasteiger partial charge in [-0.2, -0.15) is 0 Å². The Morgan fingerprint density at radius 1 is 0.500 bits per heavy atom. The fourth-order valence-electron chi connectivity index (χ4n) is 6.24. The van der Waals surface area contributed by atoms with E-state index in [1.807, 2.05) is 64.1 Å². The molecule has 0 unspecified atom stereocenters. The minimum Gasteiger partial charge on any atom is -0.296 e. The molecule has 7 rings (SSSR count). The summed E-state index contributed by atoms with van der Waals surface area (Å²) in [7, 11) is 0. The second-order valence-corrected chi connectivity index (χ2v) is 11.1. The van der Waals surface area contributed by atoms with E-state index in [1.54, 1.807) is 9.80 Å². The first-order valence-corrected chi connectivity index (χ1v) is 13.0. The molecule has 0 aliphatic carbocycles. The van der Waals surface area contributed by atoms with E-state index in [4.69, 9.17) is 24.4 Å². The number of rotatable bonds is 2. The van der Waals surface area contributed by atoms with Crippen molar-refractivity contribution in [1.82, 2.24) is 9.80 Å². The average Bonchev–Trinajstić information content (AvgIpc) is 2.84. The molecule has 4 nitrogen and oxygen atoms in total. The number of hydrogen-bond donors (Lipinski definition) is 0. The quantitative estimate of drug-likeness (QED) is 0.150. The van der Waals surface area contributed by atoms with Crippen LogP contribution in [-0.2, 0) is 0 Å². The maximum absolute atomic E-state index is 13.5. The Labute approximate surface area is 218 Å². The molecule has 0 radical (unpaired) electrons. The Bertz CT molecular complexity index is 1630. The lowest BCUT2D eigenvalue weighted by molar-refractivity contribution is 0.0812. The van der Waals surface area contributed by atoms with Gasteiger partial charge in [0.25, 0.3) is 11.8 Å². The molecule has 2 aliphatic rings. The lowest BCUT2D eigenvalue weighted by atomic mass is 9.82. The highest BCUT2D eigenvalue weighted by atomic mass is 32.1. The Morgan fingerprint density at radius 3 is 1.11 bits per heavy atom. The molecule has 2 aliphatic heterocycles. The number of fused-ring (bicyclic) bond motifs is 2. The summed E-state index contributed by atoms with van der Waals surface area (Å²) in [6.45, 7) is 7.95. The standard InChI is InChI=1S/C30H22N2O2S2/c1-13(2)31-27(33)19-9-5-15-16-6-10-20-26-22(30(36)32(14(3)4)28(20)34)12-8-18(24(16)26)17-7-11-21(29(31)35)25(19)23(15)17/h5-14H,1-4H3. The maximum atomic E-state index is 13.5. The van der Waals surface area contributed by atoms with Crippen LogP contribution < -0.4 is 0 Å². The summed E-state index contributed by atoms with van der Waals surface area (Å²) in [5.41, 5.74) is 3.22. The molecule has 0 aromatic heterocycles. The topological polar surface area (TPSA) is 40.6 Å². The largest absolute Gasteiger partial charge is 0.296 e. The maximum Gasteiger partial charge on any atom is 0.259 e. The third kappa shape index (κ3) is 2.43. The summed E-state index contributed by atoms with van der Waals surface area (Å²) in [6, 6.07) is 16.2. The molecule has 36 heavy (non-hydrogen) atoms. The van der Waals surface area contributed by atoms with Crippen molar-refractivity contribution in [1.29, 1.82) is 0 Å². The summed E-state index contributed by atoms with van der Waals surface area (Å²) < 4.78 is 0. The second-order valence-electron chi connectivity index (χ2n) is 10.3. The Kier molecular flexibility index (Phi) is 4.27. The van der Waals surface area contributed by atoms with Crippen LogP contribution in [0.25, 0.3) is 43.1 Å². The molecular weight excluding hydrogens is 484 g/mol. The van der Waals surface area contributed by atoms with Crippen LogP contribution in [0, 0.1) is 0 Å². The predicted molar refractivity (Wildman–Crippen MR) is 154 cm³/mol. The first kappa shape index (κ1) is 21.8. The first-order chi connectivity index (χ1) is 17.2. The molecule has 0 saturated heterocycles. The number of amides is 2. The highest BCUT2D eigenvalue weighted by Crippen LogP contribution is 2.46. The highest BCUT2D eigenvalue weighted by Gasteiger charge is 2.35. The molecule has 0 N–H and O–H groups in total. The van der Waals surface area contributed by atoms with Gasteiger partial charge >= 0.3 is 0 Å². The predicted octanol–water partition coefficient (Wildman–Crippen LogP) is 6.82. The van der Waals surface area contributed by atoms with Gasteiger partial charge in [0.05, 0.1) is 0 Å². The van der Waals surface area contributed by atoms with Gasteiger partial charge < -0.3 is 0 Å². The molecule has 0 atom stereocenters. The van der Waals surface area contributed by atoms with E-state index in [9.17, 15) is 9.59 Å². The van der Waals surface area contributed by atoms with E-state index in [2.05, 4.69) is 12.1 Å². The third-order valence-electron chi connectivity index (χ3n) is 7.73. The van der Waals surface area contributed by atoms with Crippen molar-refractivity contribution >= 4 is 89.3 Å². The van der Waals surface area contributed by atoms with Gasteiger partial charge in [-0.25, -0.2) is 0 Å². The van der Waals surface area contributed by atoms with E-state index in [0.717, 1.165) is 54.2 Å². The molecule has 5 aromatic carbocycles. The smallest absolute Gasteiger partial charge is 0.259 e. The van der Waals surface area contributed by atoms with E-state index in [0.29, 0.717) is 21.1 Å². The van der Waals surface area contributed by atoms with Crippen LogP contribution in [0.15, 0.2) is 48.5 Å². The van der Waals surface area contributed by atoms with E-state index in [-0.39, 0.29) is 23.9 Å². The third-order valence-corrected chi connectivity index (χ3v) is 8.56. The summed E-state index contributed by atoms with van der Waals surface area (Å²) in [6.07, 6.45) is 0. The van der Waals surface area contributed by atoms with Crippen LogP contribution in [-0.4, -0.2) is 43.7 Å². The van der Waals surface area contributed by atoms with Gasteiger partial charge in [-0.1, -0.05) is 60.8 Å². The minimum atomic E-state index is -0.0491. The number of carbonyl (C=O) groups is 2. The van der Waals surface area contributed by atoms with Crippen LogP contribution in [0.4, 0.5) is 0 Å². The lowest BCUT2D eigenvalue weighted by Crippen LogP contribution is -2.44. The molecule has 0 saturated carbocycles. The Morgan fingerprint density at radius 2 is 0.806 bits per heavy atom. The lowest BCUT2D eigenvalue weighted by Gasteiger charge is -2.34. The van der Waals surface area contributed by atoms with Gasteiger partial charge in [-0.05, 0) is 72.1 Å². The van der Waals surface area contributed by atoms with Crippen molar-refractivity contribution in [3.8, 4) is 0 Å². The summed E-state index contributed by atoms with van der Waals surface area (Å²) in [5, 5.41) is 8.17. The molecule has 0 spiro atoms. The van der Waals surface area contributed by atoms with E-state index < -0.39 is 0 Å². The van der Waals surface area contributed by atoms with Crippen molar-refractivity contribution in [3.63, 3.8) is 0 Å². The number of carbonyl (C=O) groups excluding carboxylic acids is 2. The van der Waals surface area contributed by atoms with E-state index in [1.165, 1.54) is 0 Å². The van der Waals surface area contributed by atoms with Crippen molar-refractivity contribution in [2.75, 3.05) is 0 Å². The zero-order valence-electron chi connectivity index (χ0n) is 20.3. The first-order valence-electron chi connectivity index (χ1n) is 12.2. The molecule has 2 heterocycles. The zero-order valence-corrected chi connectivity index (χ0v) is 21.9. The van der Waals surface area contributed by atoms with Crippen molar-refractivity contribution in [3.05, 3.63) is 70.8 Å². The van der Waals surface area contributed by atoms with Gasteiger partial charge in [0, 0.05) is 45.1 Å². The van der Waals surface area contributed by atoms with Crippen molar-refractivity contribution < 1.29 is 9.59 Å². The molecule has 2 amide bonds. The van der Waals surface area contributed by atoms with Gasteiger partial charge in [0.2, 0.25) is 0 Å². The van der Waals surface area contributed by atoms with Crippen LogP contribution in [0.5, 0.6) is 0 Å².